The number of guanidine groups is 1. The zero-order valence-corrected chi connectivity index (χ0v) is 13.7. The van der Waals surface area contributed by atoms with Gasteiger partial charge >= 0.3 is 0 Å². The molecule has 0 saturated carbocycles. The molecule has 0 aliphatic rings. The van der Waals surface area contributed by atoms with Gasteiger partial charge in [0.1, 0.15) is 0 Å². The van der Waals surface area contributed by atoms with Crippen molar-refractivity contribution in [3.63, 3.8) is 0 Å². The molecule has 0 spiro atoms. The highest BCUT2D eigenvalue weighted by Crippen LogP contribution is 2.27. The summed E-state index contributed by atoms with van der Waals surface area (Å²) in [5.74, 6) is 1.80. The van der Waals surface area contributed by atoms with Gasteiger partial charge in [-0.1, -0.05) is 19.4 Å². The highest BCUT2D eigenvalue weighted by molar-refractivity contribution is 5.77. The standard InChI is InChI=1S/C16H27N3O3/c1-4-5-9-22-10-8-18-16(17)19-12-13-6-7-14(20-2)15(11-13)21-3/h6-7,11H,4-5,8-10,12H2,1-3H3,(H3,17,18,19). The van der Waals surface area contributed by atoms with Crippen LogP contribution in [0.5, 0.6) is 11.5 Å². The minimum Gasteiger partial charge on any atom is -0.493 e. The Morgan fingerprint density at radius 2 is 1.95 bits per heavy atom. The topological polar surface area (TPSA) is 78.1 Å². The average molecular weight is 309 g/mol. The van der Waals surface area contributed by atoms with Crippen molar-refractivity contribution >= 4 is 5.96 Å². The summed E-state index contributed by atoms with van der Waals surface area (Å²) in [5.41, 5.74) is 6.82. The quantitative estimate of drug-likeness (QED) is 0.392. The summed E-state index contributed by atoms with van der Waals surface area (Å²) in [4.78, 5) is 4.29. The predicted octanol–water partition coefficient (Wildman–Crippen LogP) is 1.92. The fraction of sp³-hybridized carbons (Fsp3) is 0.562. The summed E-state index contributed by atoms with van der Waals surface area (Å²) in [7, 11) is 3.22. The fourth-order valence-electron chi connectivity index (χ4n) is 1.81. The van der Waals surface area contributed by atoms with Gasteiger partial charge in [-0.05, 0) is 24.1 Å². The number of nitrogens with one attached hydrogen (secondary N) is 1. The van der Waals surface area contributed by atoms with Crippen molar-refractivity contribution in [3.8, 4) is 11.5 Å². The van der Waals surface area contributed by atoms with E-state index in [1.807, 2.05) is 18.2 Å². The molecule has 0 radical (unpaired) electrons. The maximum Gasteiger partial charge on any atom is 0.188 e. The van der Waals surface area contributed by atoms with Gasteiger partial charge in [-0.3, -0.25) is 0 Å². The first-order valence-electron chi connectivity index (χ1n) is 7.53. The van der Waals surface area contributed by atoms with Gasteiger partial charge in [0.05, 0.1) is 27.4 Å². The first-order chi connectivity index (χ1) is 10.7. The Morgan fingerprint density at radius 1 is 1.18 bits per heavy atom. The zero-order chi connectivity index (χ0) is 16.2. The summed E-state index contributed by atoms with van der Waals surface area (Å²) < 4.78 is 15.9. The van der Waals surface area contributed by atoms with Crippen molar-refractivity contribution < 1.29 is 14.2 Å². The molecule has 0 atom stereocenters. The molecule has 0 saturated heterocycles. The van der Waals surface area contributed by atoms with Gasteiger partial charge in [0, 0.05) is 13.2 Å². The third kappa shape index (κ3) is 6.67. The summed E-state index contributed by atoms with van der Waals surface area (Å²) in [6.07, 6.45) is 2.23. The molecule has 0 bridgehead atoms. The second-order valence-electron chi connectivity index (χ2n) is 4.78. The van der Waals surface area contributed by atoms with Gasteiger partial charge in [0.15, 0.2) is 17.5 Å². The third-order valence-corrected chi connectivity index (χ3v) is 3.07. The van der Waals surface area contributed by atoms with Crippen LogP contribution in [0, 0.1) is 0 Å². The number of rotatable bonds is 10. The van der Waals surface area contributed by atoms with Gasteiger partial charge in [-0.15, -0.1) is 0 Å². The van der Waals surface area contributed by atoms with Crippen LogP contribution in [0.4, 0.5) is 0 Å². The lowest BCUT2D eigenvalue weighted by atomic mass is 10.2. The largest absolute Gasteiger partial charge is 0.493 e. The molecule has 0 aromatic heterocycles. The normalized spacial score (nSPS) is 11.3. The highest BCUT2D eigenvalue weighted by Gasteiger charge is 2.04. The Balaban J connectivity index is 2.37. The van der Waals surface area contributed by atoms with Gasteiger partial charge in [-0.2, -0.15) is 0 Å². The molecule has 22 heavy (non-hydrogen) atoms. The highest BCUT2D eigenvalue weighted by atomic mass is 16.5. The Bertz CT molecular complexity index is 464. The lowest BCUT2D eigenvalue weighted by molar-refractivity contribution is 0.136. The number of unbranched alkanes of at least 4 members (excludes halogenated alkanes) is 1. The van der Waals surface area contributed by atoms with Crippen LogP contribution in [-0.4, -0.2) is 39.9 Å². The van der Waals surface area contributed by atoms with Crippen molar-refractivity contribution in [2.75, 3.05) is 34.0 Å². The van der Waals surface area contributed by atoms with Crippen molar-refractivity contribution in [3.05, 3.63) is 23.8 Å². The van der Waals surface area contributed by atoms with E-state index < -0.39 is 0 Å². The predicted molar refractivity (Wildman–Crippen MR) is 88.6 cm³/mol. The Morgan fingerprint density at radius 3 is 2.64 bits per heavy atom. The molecule has 124 valence electrons. The van der Waals surface area contributed by atoms with Crippen LogP contribution in [0.2, 0.25) is 0 Å². The van der Waals surface area contributed by atoms with Crippen LogP contribution in [0.15, 0.2) is 23.2 Å². The summed E-state index contributed by atoms with van der Waals surface area (Å²) >= 11 is 0. The van der Waals surface area contributed by atoms with Crippen molar-refractivity contribution in [1.82, 2.24) is 5.32 Å². The Labute approximate surface area is 132 Å². The number of nitrogens with two attached hydrogens (primary N) is 1. The first-order valence-corrected chi connectivity index (χ1v) is 7.53. The summed E-state index contributed by atoms with van der Waals surface area (Å²) in [6.45, 7) is 4.70. The van der Waals surface area contributed by atoms with Gasteiger partial charge in [-0.25, -0.2) is 4.99 Å². The van der Waals surface area contributed by atoms with E-state index in [2.05, 4.69) is 17.2 Å². The van der Waals surface area contributed by atoms with Crippen molar-refractivity contribution in [1.29, 1.82) is 0 Å². The van der Waals surface area contributed by atoms with Gasteiger partial charge in [0.25, 0.3) is 0 Å². The molecule has 6 heteroatoms. The van der Waals surface area contributed by atoms with Crippen LogP contribution in [0.1, 0.15) is 25.3 Å². The van der Waals surface area contributed by atoms with Crippen molar-refractivity contribution in [2.24, 2.45) is 10.7 Å². The van der Waals surface area contributed by atoms with Crippen molar-refractivity contribution in [2.45, 2.75) is 26.3 Å². The third-order valence-electron chi connectivity index (χ3n) is 3.07. The SMILES string of the molecule is CCCCOCCNC(N)=NCc1ccc(OC)c(OC)c1. The van der Waals surface area contributed by atoms with E-state index in [0.717, 1.165) is 25.0 Å². The average Bonchev–Trinajstić information content (AvgIpc) is 2.55. The van der Waals surface area contributed by atoms with E-state index in [9.17, 15) is 0 Å². The molecule has 6 nitrogen and oxygen atoms in total. The number of benzene rings is 1. The van der Waals surface area contributed by atoms with E-state index in [1.165, 1.54) is 0 Å². The molecular formula is C16H27N3O3. The molecule has 0 amide bonds. The minimum atomic E-state index is 0.411. The second kappa shape index (κ2) is 10.7. The van der Waals surface area contributed by atoms with E-state index in [0.29, 0.717) is 37.2 Å². The smallest absolute Gasteiger partial charge is 0.188 e. The number of ether oxygens (including phenoxy) is 3. The Kier molecular flexibility index (Phi) is 8.83. The summed E-state index contributed by atoms with van der Waals surface area (Å²) in [6, 6.07) is 5.68. The second-order valence-corrected chi connectivity index (χ2v) is 4.78. The zero-order valence-electron chi connectivity index (χ0n) is 13.7. The number of methoxy groups -OCH3 is 2. The molecule has 3 N–H and O–H groups in total. The molecule has 1 aromatic carbocycles. The van der Waals surface area contributed by atoms with Crippen LogP contribution < -0.4 is 20.5 Å². The number of nitrogens with zero attached hydrogens (tertiary/aromatic N) is 1. The maximum atomic E-state index is 5.82. The van der Waals surface area contributed by atoms with E-state index in [1.54, 1.807) is 14.2 Å². The number of hydrogen-bond acceptors (Lipinski definition) is 4. The van der Waals surface area contributed by atoms with Gasteiger partial charge < -0.3 is 25.3 Å². The molecule has 0 aliphatic heterocycles. The van der Waals surface area contributed by atoms with E-state index in [4.69, 9.17) is 19.9 Å². The molecular weight excluding hydrogens is 282 g/mol. The van der Waals surface area contributed by atoms with Crippen LogP contribution in [0.3, 0.4) is 0 Å². The van der Waals surface area contributed by atoms with Gasteiger partial charge in [0.2, 0.25) is 0 Å². The van der Waals surface area contributed by atoms with E-state index >= 15 is 0 Å². The van der Waals surface area contributed by atoms with Crippen LogP contribution >= 0.6 is 0 Å². The molecule has 0 aliphatic carbocycles. The minimum absolute atomic E-state index is 0.411. The lowest BCUT2D eigenvalue weighted by Gasteiger charge is -2.09. The lowest BCUT2D eigenvalue weighted by Crippen LogP contribution is -2.34. The Hall–Kier alpha value is -1.95. The fourth-order valence-corrected chi connectivity index (χ4v) is 1.81. The molecule has 1 aromatic rings. The molecule has 0 fully saturated rings. The van der Waals surface area contributed by atoms with Crippen LogP contribution in [0.25, 0.3) is 0 Å². The van der Waals surface area contributed by atoms with E-state index in [-0.39, 0.29) is 0 Å². The molecule has 0 heterocycles. The number of aliphatic imine (C=N–C) groups is 1. The van der Waals surface area contributed by atoms with Crippen LogP contribution in [-0.2, 0) is 11.3 Å². The molecule has 1 rings (SSSR count). The monoisotopic (exact) mass is 309 g/mol. The summed E-state index contributed by atoms with van der Waals surface area (Å²) in [5, 5.41) is 3.03. The number of hydrogen-bond donors (Lipinski definition) is 2. The first kappa shape index (κ1) is 18.1. The maximum absolute atomic E-state index is 5.82. The molecule has 0 unspecified atom stereocenters.